The molecule has 1 aromatic heterocycles. The van der Waals surface area contributed by atoms with Gasteiger partial charge in [0.15, 0.2) is 0 Å². The van der Waals surface area contributed by atoms with Crippen molar-refractivity contribution in [3.05, 3.63) is 24.0 Å². The van der Waals surface area contributed by atoms with E-state index >= 15 is 0 Å². The monoisotopic (exact) mass is 262 g/mol. The van der Waals surface area contributed by atoms with Crippen LogP contribution in [0.5, 0.6) is 5.75 Å². The molecule has 106 valence electrons. The first-order valence-corrected chi connectivity index (χ1v) is 7.52. The highest BCUT2D eigenvalue weighted by atomic mass is 16.5. The van der Waals surface area contributed by atoms with Gasteiger partial charge in [-0.1, -0.05) is 26.7 Å². The number of ether oxygens (including phenoxy) is 1. The van der Waals surface area contributed by atoms with E-state index in [1.807, 2.05) is 18.5 Å². The Balaban J connectivity index is 1.84. The molecule has 3 heteroatoms. The van der Waals surface area contributed by atoms with Gasteiger partial charge in [0.25, 0.3) is 0 Å². The van der Waals surface area contributed by atoms with Crippen LogP contribution in [-0.2, 0) is 6.54 Å². The molecule has 0 spiro atoms. The normalized spacial score (nSPS) is 16.2. The van der Waals surface area contributed by atoms with Crippen molar-refractivity contribution in [3.8, 4) is 5.75 Å². The van der Waals surface area contributed by atoms with Crippen molar-refractivity contribution in [3.63, 3.8) is 0 Å². The molecule has 1 N–H and O–H groups in total. The van der Waals surface area contributed by atoms with Crippen LogP contribution in [-0.4, -0.2) is 18.1 Å². The quantitative estimate of drug-likeness (QED) is 0.818. The van der Waals surface area contributed by atoms with Crippen LogP contribution in [0.1, 0.15) is 45.1 Å². The molecule has 0 atom stereocenters. The molecule has 19 heavy (non-hydrogen) atoms. The van der Waals surface area contributed by atoms with E-state index < -0.39 is 0 Å². The highest BCUT2D eigenvalue weighted by Gasteiger charge is 2.16. The highest BCUT2D eigenvalue weighted by molar-refractivity contribution is 5.29. The van der Waals surface area contributed by atoms with Crippen LogP contribution in [0.25, 0.3) is 0 Å². The molecule has 1 saturated carbocycles. The number of rotatable bonds is 7. The van der Waals surface area contributed by atoms with E-state index in [1.54, 1.807) is 0 Å². The van der Waals surface area contributed by atoms with Crippen LogP contribution in [0.2, 0.25) is 0 Å². The number of hydrogen-bond donors (Lipinski definition) is 1. The standard InChI is InChI=1S/C16H26N2O/c1-13(2)9-18-11-15-10-17-8-7-16(15)19-12-14-5-3-4-6-14/h7-8,10,13-14,18H,3-6,9,11-12H2,1-2H3. The van der Waals surface area contributed by atoms with Gasteiger partial charge in [0, 0.05) is 24.5 Å². The van der Waals surface area contributed by atoms with Gasteiger partial charge in [0.2, 0.25) is 0 Å². The largest absolute Gasteiger partial charge is 0.493 e. The lowest BCUT2D eigenvalue weighted by molar-refractivity contribution is 0.249. The van der Waals surface area contributed by atoms with Crippen molar-refractivity contribution in [2.75, 3.05) is 13.2 Å². The van der Waals surface area contributed by atoms with E-state index in [0.717, 1.165) is 31.4 Å². The van der Waals surface area contributed by atoms with Crippen LogP contribution >= 0.6 is 0 Å². The number of hydrogen-bond acceptors (Lipinski definition) is 3. The number of nitrogens with zero attached hydrogens (tertiary/aromatic N) is 1. The molecule has 0 bridgehead atoms. The Hall–Kier alpha value is -1.09. The number of pyridine rings is 1. The lowest BCUT2D eigenvalue weighted by atomic mass is 10.1. The molecule has 0 aliphatic heterocycles. The Morgan fingerprint density at radius 1 is 1.37 bits per heavy atom. The summed E-state index contributed by atoms with van der Waals surface area (Å²) in [6.45, 7) is 7.16. The highest BCUT2D eigenvalue weighted by Crippen LogP contribution is 2.26. The fraction of sp³-hybridized carbons (Fsp3) is 0.688. The maximum atomic E-state index is 6.00. The third kappa shape index (κ3) is 4.83. The minimum Gasteiger partial charge on any atom is -0.493 e. The van der Waals surface area contributed by atoms with E-state index in [0.29, 0.717) is 5.92 Å². The topological polar surface area (TPSA) is 34.2 Å². The number of nitrogens with one attached hydrogen (secondary N) is 1. The van der Waals surface area contributed by atoms with Crippen LogP contribution in [0.3, 0.4) is 0 Å². The Kier molecular flexibility index (Phi) is 5.64. The molecule has 2 rings (SSSR count). The summed E-state index contributed by atoms with van der Waals surface area (Å²) in [6, 6.07) is 1.99. The van der Waals surface area contributed by atoms with E-state index in [1.165, 1.54) is 31.2 Å². The van der Waals surface area contributed by atoms with Crippen molar-refractivity contribution in [1.29, 1.82) is 0 Å². The fourth-order valence-electron chi connectivity index (χ4n) is 2.57. The second-order valence-electron chi connectivity index (χ2n) is 5.97. The molecule has 1 aliphatic carbocycles. The van der Waals surface area contributed by atoms with Crippen molar-refractivity contribution < 1.29 is 4.74 Å². The molecule has 1 aliphatic rings. The maximum Gasteiger partial charge on any atom is 0.126 e. The van der Waals surface area contributed by atoms with Gasteiger partial charge in [-0.2, -0.15) is 0 Å². The summed E-state index contributed by atoms with van der Waals surface area (Å²) >= 11 is 0. The second-order valence-corrected chi connectivity index (χ2v) is 5.97. The Labute approximate surface area is 116 Å². The van der Waals surface area contributed by atoms with Gasteiger partial charge in [0.1, 0.15) is 5.75 Å². The molecule has 3 nitrogen and oxygen atoms in total. The Morgan fingerprint density at radius 3 is 2.89 bits per heavy atom. The van der Waals surface area contributed by atoms with Gasteiger partial charge in [-0.3, -0.25) is 4.98 Å². The Morgan fingerprint density at radius 2 is 2.16 bits per heavy atom. The van der Waals surface area contributed by atoms with Crippen LogP contribution < -0.4 is 10.1 Å². The smallest absolute Gasteiger partial charge is 0.126 e. The zero-order valence-corrected chi connectivity index (χ0v) is 12.2. The van der Waals surface area contributed by atoms with E-state index in [-0.39, 0.29) is 0 Å². The summed E-state index contributed by atoms with van der Waals surface area (Å²) in [7, 11) is 0. The predicted molar refractivity (Wildman–Crippen MR) is 78.2 cm³/mol. The second kappa shape index (κ2) is 7.49. The Bertz CT molecular complexity index is 373. The van der Waals surface area contributed by atoms with Crippen LogP contribution in [0.4, 0.5) is 0 Å². The van der Waals surface area contributed by atoms with Gasteiger partial charge < -0.3 is 10.1 Å². The summed E-state index contributed by atoms with van der Waals surface area (Å²) in [4.78, 5) is 4.20. The number of aromatic nitrogens is 1. The van der Waals surface area contributed by atoms with Gasteiger partial charge in [-0.25, -0.2) is 0 Å². The minimum absolute atomic E-state index is 0.666. The third-order valence-corrected chi connectivity index (χ3v) is 3.68. The lowest BCUT2D eigenvalue weighted by Crippen LogP contribution is -2.20. The first-order chi connectivity index (χ1) is 9.25. The first kappa shape index (κ1) is 14.3. The molecule has 1 fully saturated rings. The predicted octanol–water partition coefficient (Wildman–Crippen LogP) is 3.40. The molecule has 0 amide bonds. The van der Waals surface area contributed by atoms with Gasteiger partial charge >= 0.3 is 0 Å². The van der Waals surface area contributed by atoms with Gasteiger partial charge in [-0.15, -0.1) is 0 Å². The zero-order chi connectivity index (χ0) is 13.5. The van der Waals surface area contributed by atoms with Gasteiger partial charge in [-0.05, 0) is 37.3 Å². The molecule has 0 unspecified atom stereocenters. The third-order valence-electron chi connectivity index (χ3n) is 3.68. The van der Waals surface area contributed by atoms with Crippen LogP contribution in [0.15, 0.2) is 18.5 Å². The summed E-state index contributed by atoms with van der Waals surface area (Å²) in [5, 5.41) is 3.45. The molecule has 1 aromatic rings. The molecule has 0 radical (unpaired) electrons. The average Bonchev–Trinajstić information content (AvgIpc) is 2.90. The van der Waals surface area contributed by atoms with Gasteiger partial charge in [0.05, 0.1) is 6.61 Å². The average molecular weight is 262 g/mol. The van der Waals surface area contributed by atoms with Crippen molar-refractivity contribution >= 4 is 0 Å². The van der Waals surface area contributed by atoms with E-state index in [9.17, 15) is 0 Å². The summed E-state index contributed by atoms with van der Waals surface area (Å²) in [5.41, 5.74) is 1.17. The summed E-state index contributed by atoms with van der Waals surface area (Å²) in [5.74, 6) is 2.42. The van der Waals surface area contributed by atoms with E-state index in [4.69, 9.17) is 4.74 Å². The molecule has 0 aromatic carbocycles. The first-order valence-electron chi connectivity index (χ1n) is 7.52. The molecular formula is C16H26N2O. The minimum atomic E-state index is 0.666. The molecule has 1 heterocycles. The fourth-order valence-corrected chi connectivity index (χ4v) is 2.57. The zero-order valence-electron chi connectivity index (χ0n) is 12.2. The van der Waals surface area contributed by atoms with Crippen molar-refractivity contribution in [2.24, 2.45) is 11.8 Å². The van der Waals surface area contributed by atoms with Crippen molar-refractivity contribution in [2.45, 2.75) is 46.1 Å². The van der Waals surface area contributed by atoms with Crippen molar-refractivity contribution in [1.82, 2.24) is 10.3 Å². The summed E-state index contributed by atoms with van der Waals surface area (Å²) in [6.07, 6.45) is 9.12. The molecular weight excluding hydrogens is 236 g/mol. The van der Waals surface area contributed by atoms with E-state index in [2.05, 4.69) is 24.1 Å². The SMILES string of the molecule is CC(C)CNCc1cnccc1OCC1CCCC1. The summed E-state index contributed by atoms with van der Waals surface area (Å²) < 4.78 is 6.00. The van der Waals surface area contributed by atoms with Crippen LogP contribution in [0, 0.1) is 11.8 Å². The lowest BCUT2D eigenvalue weighted by Gasteiger charge is -2.15. The molecule has 0 saturated heterocycles. The maximum absolute atomic E-state index is 6.00.